The smallest absolute Gasteiger partial charge is 0.128 e. The molecule has 0 bridgehead atoms. The van der Waals surface area contributed by atoms with Gasteiger partial charge in [0, 0.05) is 32.4 Å². The SMILES string of the molecule is C[C@@H](CCN1CCN(c2ccccn2)CC1)c1ccccc1. The van der Waals surface area contributed by atoms with Crippen molar-refractivity contribution in [2.45, 2.75) is 19.3 Å². The van der Waals surface area contributed by atoms with E-state index in [0.717, 1.165) is 32.0 Å². The molecule has 3 nitrogen and oxygen atoms in total. The number of piperazine rings is 1. The highest BCUT2D eigenvalue weighted by Gasteiger charge is 2.18. The maximum absolute atomic E-state index is 4.45. The van der Waals surface area contributed by atoms with Crippen LogP contribution in [0.3, 0.4) is 0 Å². The van der Waals surface area contributed by atoms with Crippen molar-refractivity contribution in [3.05, 3.63) is 60.3 Å². The minimum absolute atomic E-state index is 0.634. The second kappa shape index (κ2) is 7.41. The Morgan fingerprint density at radius 3 is 2.36 bits per heavy atom. The van der Waals surface area contributed by atoms with Gasteiger partial charge in [-0.3, -0.25) is 4.90 Å². The van der Waals surface area contributed by atoms with Gasteiger partial charge in [0.15, 0.2) is 0 Å². The third kappa shape index (κ3) is 3.86. The number of nitrogens with zero attached hydrogens (tertiary/aromatic N) is 3. The molecule has 1 fully saturated rings. The summed E-state index contributed by atoms with van der Waals surface area (Å²) < 4.78 is 0. The number of hydrogen-bond donors (Lipinski definition) is 0. The molecule has 3 heteroatoms. The zero-order valence-corrected chi connectivity index (χ0v) is 13.4. The van der Waals surface area contributed by atoms with E-state index in [1.807, 2.05) is 12.3 Å². The fourth-order valence-electron chi connectivity index (χ4n) is 3.07. The molecule has 1 aromatic heterocycles. The lowest BCUT2D eigenvalue weighted by Gasteiger charge is -2.35. The van der Waals surface area contributed by atoms with E-state index in [0.29, 0.717) is 5.92 Å². The Labute approximate surface area is 133 Å². The maximum Gasteiger partial charge on any atom is 0.128 e. The standard InChI is InChI=1S/C19H25N3/c1-17(18-7-3-2-4-8-18)10-12-21-13-15-22(16-14-21)19-9-5-6-11-20-19/h2-9,11,17H,10,12-16H2,1H3/t17-/m0/s1. The highest BCUT2D eigenvalue weighted by atomic mass is 15.3. The Bertz CT molecular complexity index is 547. The van der Waals surface area contributed by atoms with Crippen LogP contribution in [0.2, 0.25) is 0 Å². The molecule has 0 saturated carbocycles. The Morgan fingerprint density at radius 2 is 1.68 bits per heavy atom. The van der Waals surface area contributed by atoms with Crippen molar-refractivity contribution in [3.63, 3.8) is 0 Å². The molecule has 0 spiro atoms. The number of aromatic nitrogens is 1. The summed E-state index contributed by atoms with van der Waals surface area (Å²) in [6, 6.07) is 17.0. The molecule has 0 aliphatic carbocycles. The normalized spacial score (nSPS) is 17.4. The molecule has 1 saturated heterocycles. The Morgan fingerprint density at radius 1 is 0.955 bits per heavy atom. The van der Waals surface area contributed by atoms with E-state index < -0.39 is 0 Å². The summed E-state index contributed by atoms with van der Waals surface area (Å²) in [7, 11) is 0. The molecule has 1 aliphatic heterocycles. The highest BCUT2D eigenvalue weighted by molar-refractivity contribution is 5.38. The van der Waals surface area contributed by atoms with Gasteiger partial charge in [-0.2, -0.15) is 0 Å². The Hall–Kier alpha value is -1.87. The zero-order chi connectivity index (χ0) is 15.2. The van der Waals surface area contributed by atoms with Crippen molar-refractivity contribution in [2.75, 3.05) is 37.6 Å². The minimum atomic E-state index is 0.634. The van der Waals surface area contributed by atoms with Gasteiger partial charge < -0.3 is 4.90 Å². The molecular formula is C19H25N3. The summed E-state index contributed by atoms with van der Waals surface area (Å²) >= 11 is 0. The maximum atomic E-state index is 4.45. The molecule has 1 atom stereocenters. The van der Waals surface area contributed by atoms with Gasteiger partial charge in [-0.05, 0) is 36.6 Å². The molecule has 0 radical (unpaired) electrons. The van der Waals surface area contributed by atoms with Gasteiger partial charge in [0.05, 0.1) is 0 Å². The molecule has 2 aromatic rings. The first-order chi connectivity index (χ1) is 10.8. The first kappa shape index (κ1) is 15.0. The summed E-state index contributed by atoms with van der Waals surface area (Å²) in [5, 5.41) is 0. The van der Waals surface area contributed by atoms with Crippen LogP contribution in [0.5, 0.6) is 0 Å². The summed E-state index contributed by atoms with van der Waals surface area (Å²) in [4.78, 5) is 9.42. The molecule has 22 heavy (non-hydrogen) atoms. The van der Waals surface area contributed by atoms with Gasteiger partial charge in [-0.1, -0.05) is 43.3 Å². The van der Waals surface area contributed by atoms with E-state index in [-0.39, 0.29) is 0 Å². The third-order valence-corrected chi connectivity index (χ3v) is 4.59. The van der Waals surface area contributed by atoms with Crippen molar-refractivity contribution in [2.24, 2.45) is 0 Å². The summed E-state index contributed by atoms with van der Waals surface area (Å²) in [6.07, 6.45) is 3.11. The Kier molecular flexibility index (Phi) is 5.07. The number of rotatable bonds is 5. The second-order valence-electron chi connectivity index (χ2n) is 6.12. The van der Waals surface area contributed by atoms with E-state index in [9.17, 15) is 0 Å². The molecule has 2 heterocycles. The van der Waals surface area contributed by atoms with Crippen LogP contribution in [0, 0.1) is 0 Å². The minimum Gasteiger partial charge on any atom is -0.354 e. The fourth-order valence-corrected chi connectivity index (χ4v) is 3.07. The van der Waals surface area contributed by atoms with Crippen molar-refractivity contribution in [1.29, 1.82) is 0 Å². The predicted molar refractivity (Wildman–Crippen MR) is 92.4 cm³/mol. The van der Waals surface area contributed by atoms with Gasteiger partial charge in [0.25, 0.3) is 0 Å². The number of anilines is 1. The highest BCUT2D eigenvalue weighted by Crippen LogP contribution is 2.19. The predicted octanol–water partition coefficient (Wildman–Crippen LogP) is 3.40. The van der Waals surface area contributed by atoms with Crippen LogP contribution in [0.1, 0.15) is 24.8 Å². The largest absolute Gasteiger partial charge is 0.354 e. The second-order valence-corrected chi connectivity index (χ2v) is 6.12. The summed E-state index contributed by atoms with van der Waals surface area (Å²) in [5.74, 6) is 1.75. The van der Waals surface area contributed by atoms with Crippen LogP contribution >= 0.6 is 0 Å². The van der Waals surface area contributed by atoms with Crippen molar-refractivity contribution < 1.29 is 0 Å². The zero-order valence-electron chi connectivity index (χ0n) is 13.4. The molecule has 0 unspecified atom stereocenters. The summed E-state index contributed by atoms with van der Waals surface area (Å²) in [6.45, 7) is 7.95. The van der Waals surface area contributed by atoms with Crippen LogP contribution in [0.25, 0.3) is 0 Å². The van der Waals surface area contributed by atoms with Crippen LogP contribution in [-0.2, 0) is 0 Å². The molecule has 1 aliphatic rings. The van der Waals surface area contributed by atoms with E-state index in [2.05, 4.69) is 64.2 Å². The molecule has 116 valence electrons. The van der Waals surface area contributed by atoms with Gasteiger partial charge in [-0.15, -0.1) is 0 Å². The molecule has 3 rings (SSSR count). The van der Waals surface area contributed by atoms with Crippen molar-refractivity contribution in [3.8, 4) is 0 Å². The lowest BCUT2D eigenvalue weighted by Crippen LogP contribution is -2.47. The number of benzene rings is 1. The molecular weight excluding hydrogens is 270 g/mol. The quantitative estimate of drug-likeness (QED) is 0.843. The molecule has 0 N–H and O–H groups in total. The average Bonchev–Trinajstić information content (AvgIpc) is 2.61. The topological polar surface area (TPSA) is 19.4 Å². The van der Waals surface area contributed by atoms with Gasteiger partial charge in [0.2, 0.25) is 0 Å². The average molecular weight is 295 g/mol. The van der Waals surface area contributed by atoms with Crippen molar-refractivity contribution in [1.82, 2.24) is 9.88 Å². The lowest BCUT2D eigenvalue weighted by atomic mass is 9.97. The van der Waals surface area contributed by atoms with Crippen LogP contribution in [-0.4, -0.2) is 42.6 Å². The molecule has 1 aromatic carbocycles. The van der Waals surface area contributed by atoms with Crippen LogP contribution in [0.15, 0.2) is 54.7 Å². The van der Waals surface area contributed by atoms with Gasteiger partial charge >= 0.3 is 0 Å². The monoisotopic (exact) mass is 295 g/mol. The number of hydrogen-bond acceptors (Lipinski definition) is 3. The van der Waals surface area contributed by atoms with E-state index in [1.165, 1.54) is 18.5 Å². The van der Waals surface area contributed by atoms with Crippen LogP contribution in [0.4, 0.5) is 5.82 Å². The third-order valence-electron chi connectivity index (χ3n) is 4.59. The first-order valence-electron chi connectivity index (χ1n) is 8.26. The lowest BCUT2D eigenvalue weighted by molar-refractivity contribution is 0.249. The summed E-state index contributed by atoms with van der Waals surface area (Å²) in [5.41, 5.74) is 1.45. The van der Waals surface area contributed by atoms with E-state index in [4.69, 9.17) is 0 Å². The molecule has 0 amide bonds. The Balaban J connectivity index is 1.44. The first-order valence-corrected chi connectivity index (χ1v) is 8.26. The fraction of sp³-hybridized carbons (Fsp3) is 0.421. The van der Waals surface area contributed by atoms with E-state index >= 15 is 0 Å². The van der Waals surface area contributed by atoms with Gasteiger partial charge in [-0.25, -0.2) is 4.98 Å². The van der Waals surface area contributed by atoms with E-state index in [1.54, 1.807) is 0 Å². The van der Waals surface area contributed by atoms with Crippen molar-refractivity contribution >= 4 is 5.82 Å². The van der Waals surface area contributed by atoms with Gasteiger partial charge in [0.1, 0.15) is 5.82 Å². The van der Waals surface area contributed by atoms with Crippen LogP contribution < -0.4 is 4.90 Å². The number of pyridine rings is 1.